The summed E-state index contributed by atoms with van der Waals surface area (Å²) in [7, 11) is 0. The molecule has 1 unspecified atom stereocenters. The summed E-state index contributed by atoms with van der Waals surface area (Å²) in [6.45, 7) is 8.08. The zero-order valence-corrected chi connectivity index (χ0v) is 13.6. The molecule has 0 radical (unpaired) electrons. The van der Waals surface area contributed by atoms with E-state index in [0.717, 1.165) is 23.3 Å². The van der Waals surface area contributed by atoms with E-state index in [9.17, 15) is 4.79 Å². The number of nitrogens with zero attached hydrogens (tertiary/aromatic N) is 2. The van der Waals surface area contributed by atoms with Crippen LogP contribution in [0.5, 0.6) is 5.75 Å². The summed E-state index contributed by atoms with van der Waals surface area (Å²) >= 11 is 0. The lowest BCUT2D eigenvalue weighted by atomic mass is 10.1. The van der Waals surface area contributed by atoms with Crippen LogP contribution < -0.4 is 10.1 Å². The molecule has 1 aromatic carbocycles. The van der Waals surface area contributed by atoms with Crippen LogP contribution in [-0.2, 0) is 4.79 Å². The molecule has 0 saturated carbocycles. The number of para-hydroxylation sites is 1. The largest absolute Gasteiger partial charge is 0.483 e. The second kappa shape index (κ2) is 7.11. The van der Waals surface area contributed by atoms with Crippen LogP contribution in [0.25, 0.3) is 0 Å². The Kier molecular flexibility index (Phi) is 5.20. The molecule has 1 aromatic heterocycles. The van der Waals surface area contributed by atoms with Gasteiger partial charge in [-0.05, 0) is 38.3 Å². The molecular formula is C17H23N3O2. The average molecular weight is 301 g/mol. The first-order valence-corrected chi connectivity index (χ1v) is 7.55. The van der Waals surface area contributed by atoms with Gasteiger partial charge in [0.15, 0.2) is 6.61 Å². The third kappa shape index (κ3) is 3.67. The fourth-order valence-electron chi connectivity index (χ4n) is 2.28. The van der Waals surface area contributed by atoms with E-state index in [4.69, 9.17) is 4.74 Å². The summed E-state index contributed by atoms with van der Waals surface area (Å²) in [5.41, 5.74) is 2.05. The highest BCUT2D eigenvalue weighted by atomic mass is 16.5. The van der Waals surface area contributed by atoms with Gasteiger partial charge in [-0.25, -0.2) is 4.68 Å². The van der Waals surface area contributed by atoms with E-state index in [0.29, 0.717) is 5.82 Å². The molecule has 5 heteroatoms. The Morgan fingerprint density at radius 2 is 2.00 bits per heavy atom. The summed E-state index contributed by atoms with van der Waals surface area (Å²) in [5.74, 6) is 1.28. The first-order valence-electron chi connectivity index (χ1n) is 7.55. The van der Waals surface area contributed by atoms with Crippen molar-refractivity contribution in [3.8, 4) is 5.75 Å². The third-order valence-electron chi connectivity index (χ3n) is 3.70. The maximum atomic E-state index is 12.1. The number of nitrogens with one attached hydrogen (secondary N) is 1. The van der Waals surface area contributed by atoms with Crippen molar-refractivity contribution >= 4 is 11.7 Å². The van der Waals surface area contributed by atoms with Crippen LogP contribution in [0.2, 0.25) is 0 Å². The topological polar surface area (TPSA) is 56.2 Å². The number of aromatic nitrogens is 2. The SMILES string of the molecule is CCC(C)n1nccc1NC(=O)COc1c(C)cccc1C. The monoisotopic (exact) mass is 301 g/mol. The Bertz CT molecular complexity index is 629. The summed E-state index contributed by atoms with van der Waals surface area (Å²) in [5, 5.41) is 7.10. The third-order valence-corrected chi connectivity index (χ3v) is 3.70. The van der Waals surface area contributed by atoms with Gasteiger partial charge in [0.2, 0.25) is 0 Å². The molecule has 0 aliphatic carbocycles. The van der Waals surface area contributed by atoms with Crippen molar-refractivity contribution in [2.24, 2.45) is 0 Å². The second-order valence-electron chi connectivity index (χ2n) is 5.48. The lowest BCUT2D eigenvalue weighted by Crippen LogP contribution is -2.23. The number of hydrogen-bond acceptors (Lipinski definition) is 3. The van der Waals surface area contributed by atoms with Crippen molar-refractivity contribution in [3.05, 3.63) is 41.6 Å². The normalized spacial score (nSPS) is 12.0. The molecule has 5 nitrogen and oxygen atoms in total. The molecule has 0 bridgehead atoms. The van der Waals surface area contributed by atoms with Gasteiger partial charge in [-0.1, -0.05) is 25.1 Å². The molecule has 1 atom stereocenters. The van der Waals surface area contributed by atoms with E-state index in [1.165, 1.54) is 0 Å². The molecule has 1 heterocycles. The van der Waals surface area contributed by atoms with Crippen molar-refractivity contribution in [1.82, 2.24) is 9.78 Å². The quantitative estimate of drug-likeness (QED) is 0.888. The molecule has 0 saturated heterocycles. The molecular weight excluding hydrogens is 278 g/mol. The van der Waals surface area contributed by atoms with Gasteiger partial charge in [-0.3, -0.25) is 4.79 Å². The van der Waals surface area contributed by atoms with Crippen LogP contribution in [0, 0.1) is 13.8 Å². The first-order chi connectivity index (χ1) is 10.5. The number of benzene rings is 1. The van der Waals surface area contributed by atoms with Gasteiger partial charge in [0.1, 0.15) is 11.6 Å². The van der Waals surface area contributed by atoms with Crippen molar-refractivity contribution in [2.45, 2.75) is 40.2 Å². The molecule has 0 aliphatic rings. The molecule has 0 fully saturated rings. The number of carbonyl (C=O) groups excluding carboxylic acids is 1. The minimum Gasteiger partial charge on any atom is -0.483 e. The summed E-state index contributed by atoms with van der Waals surface area (Å²) in [6.07, 6.45) is 2.64. The lowest BCUT2D eigenvalue weighted by molar-refractivity contribution is -0.118. The van der Waals surface area contributed by atoms with Crippen LogP contribution in [0.3, 0.4) is 0 Å². The Labute approximate surface area is 131 Å². The summed E-state index contributed by atoms with van der Waals surface area (Å²) < 4.78 is 7.48. The van der Waals surface area contributed by atoms with Crippen molar-refractivity contribution in [1.29, 1.82) is 0 Å². The molecule has 2 rings (SSSR count). The standard InChI is InChI=1S/C17H23N3O2/c1-5-14(4)20-15(9-10-18-20)19-16(21)11-22-17-12(2)7-6-8-13(17)3/h6-10,14H,5,11H2,1-4H3,(H,19,21). The van der Waals surface area contributed by atoms with E-state index < -0.39 is 0 Å². The van der Waals surface area contributed by atoms with Crippen molar-refractivity contribution in [3.63, 3.8) is 0 Å². The van der Waals surface area contributed by atoms with Crippen LogP contribution in [0.1, 0.15) is 37.4 Å². The highest BCUT2D eigenvalue weighted by Crippen LogP contribution is 2.22. The number of ether oxygens (including phenoxy) is 1. The highest BCUT2D eigenvalue weighted by molar-refractivity contribution is 5.91. The second-order valence-corrected chi connectivity index (χ2v) is 5.48. The number of hydrogen-bond donors (Lipinski definition) is 1. The Morgan fingerprint density at radius 1 is 1.32 bits per heavy atom. The van der Waals surface area contributed by atoms with Gasteiger partial charge in [-0.2, -0.15) is 5.10 Å². The van der Waals surface area contributed by atoms with Gasteiger partial charge >= 0.3 is 0 Å². The first kappa shape index (κ1) is 16.1. The Hall–Kier alpha value is -2.30. The molecule has 1 N–H and O–H groups in total. The average Bonchev–Trinajstić information content (AvgIpc) is 2.94. The van der Waals surface area contributed by atoms with Crippen LogP contribution in [0.15, 0.2) is 30.5 Å². The minimum atomic E-state index is -0.187. The predicted octanol–water partition coefficient (Wildman–Crippen LogP) is 3.49. The van der Waals surface area contributed by atoms with Crippen LogP contribution in [0.4, 0.5) is 5.82 Å². The van der Waals surface area contributed by atoms with E-state index in [-0.39, 0.29) is 18.6 Å². The van der Waals surface area contributed by atoms with Gasteiger partial charge in [0.05, 0.1) is 12.2 Å². The predicted molar refractivity (Wildman–Crippen MR) is 87.3 cm³/mol. The molecule has 0 spiro atoms. The van der Waals surface area contributed by atoms with Crippen molar-refractivity contribution in [2.75, 3.05) is 11.9 Å². The number of anilines is 1. The van der Waals surface area contributed by atoms with Gasteiger partial charge in [0.25, 0.3) is 5.91 Å². The van der Waals surface area contributed by atoms with Gasteiger partial charge in [-0.15, -0.1) is 0 Å². The van der Waals surface area contributed by atoms with Crippen LogP contribution in [-0.4, -0.2) is 22.3 Å². The number of rotatable bonds is 6. The van der Waals surface area contributed by atoms with E-state index in [2.05, 4.69) is 24.3 Å². The molecule has 1 amide bonds. The van der Waals surface area contributed by atoms with E-state index >= 15 is 0 Å². The summed E-state index contributed by atoms with van der Waals surface area (Å²) in [4.78, 5) is 12.1. The lowest BCUT2D eigenvalue weighted by Gasteiger charge is -2.15. The smallest absolute Gasteiger partial charge is 0.263 e. The van der Waals surface area contributed by atoms with E-state index in [1.54, 1.807) is 12.3 Å². The molecule has 118 valence electrons. The Morgan fingerprint density at radius 3 is 2.64 bits per heavy atom. The maximum absolute atomic E-state index is 12.1. The molecule has 2 aromatic rings. The molecule has 0 aliphatic heterocycles. The number of aryl methyl sites for hydroxylation is 2. The maximum Gasteiger partial charge on any atom is 0.263 e. The minimum absolute atomic E-state index is 0.0165. The zero-order chi connectivity index (χ0) is 16.1. The Balaban J connectivity index is 1.98. The van der Waals surface area contributed by atoms with Gasteiger partial charge in [0, 0.05) is 6.07 Å². The number of carbonyl (C=O) groups is 1. The zero-order valence-electron chi connectivity index (χ0n) is 13.6. The summed E-state index contributed by atoms with van der Waals surface area (Å²) in [6, 6.07) is 7.95. The molecule has 22 heavy (non-hydrogen) atoms. The van der Waals surface area contributed by atoms with Gasteiger partial charge < -0.3 is 10.1 Å². The number of amides is 1. The highest BCUT2D eigenvalue weighted by Gasteiger charge is 2.12. The van der Waals surface area contributed by atoms with Crippen molar-refractivity contribution < 1.29 is 9.53 Å². The van der Waals surface area contributed by atoms with Crippen LogP contribution >= 0.6 is 0 Å². The van der Waals surface area contributed by atoms with E-state index in [1.807, 2.05) is 36.7 Å². The fraction of sp³-hybridized carbons (Fsp3) is 0.412. The fourth-order valence-corrected chi connectivity index (χ4v) is 2.28.